The summed E-state index contributed by atoms with van der Waals surface area (Å²) < 4.78 is 52.0. The molecule has 1 saturated heterocycles. The Labute approximate surface area is 187 Å². The summed E-state index contributed by atoms with van der Waals surface area (Å²) in [5, 5.41) is 0. The van der Waals surface area contributed by atoms with Gasteiger partial charge in [0.2, 0.25) is 15.9 Å². The van der Waals surface area contributed by atoms with Crippen molar-refractivity contribution in [2.45, 2.75) is 31.2 Å². The number of para-hydroxylation sites is 1. The summed E-state index contributed by atoms with van der Waals surface area (Å²) in [4.78, 5) is 15.1. The van der Waals surface area contributed by atoms with Gasteiger partial charge in [-0.15, -0.1) is 0 Å². The van der Waals surface area contributed by atoms with Crippen LogP contribution in [0.5, 0.6) is 11.5 Å². The third-order valence-electron chi connectivity index (χ3n) is 5.89. The fourth-order valence-corrected chi connectivity index (χ4v) is 5.71. The van der Waals surface area contributed by atoms with E-state index < -0.39 is 21.8 Å². The summed E-state index contributed by atoms with van der Waals surface area (Å²) in [5.41, 5.74) is 0.865. The number of piperidine rings is 1. The topological polar surface area (TPSA) is 76.2 Å². The largest absolute Gasteiger partial charge is 0.486 e. The maximum atomic E-state index is 13.3. The Hall–Kier alpha value is -2.65. The zero-order valence-corrected chi connectivity index (χ0v) is 18.8. The smallest absolute Gasteiger partial charge is 0.243 e. The van der Waals surface area contributed by atoms with Crippen molar-refractivity contribution >= 4 is 15.9 Å². The van der Waals surface area contributed by atoms with Crippen LogP contribution in [0.25, 0.3) is 0 Å². The number of ether oxygens (including phenoxy) is 2. The van der Waals surface area contributed by atoms with Gasteiger partial charge in [-0.25, -0.2) is 12.8 Å². The highest BCUT2D eigenvalue weighted by molar-refractivity contribution is 7.89. The monoisotopic (exact) mass is 462 g/mol. The number of nitrogens with zero attached hydrogens (tertiary/aromatic N) is 2. The van der Waals surface area contributed by atoms with Gasteiger partial charge in [0.1, 0.15) is 19.0 Å². The number of hydrogen-bond acceptors (Lipinski definition) is 5. The molecule has 172 valence electrons. The second-order valence-corrected chi connectivity index (χ2v) is 9.89. The van der Waals surface area contributed by atoms with Crippen LogP contribution in [-0.4, -0.2) is 56.4 Å². The van der Waals surface area contributed by atoms with Gasteiger partial charge in [-0.05, 0) is 50.1 Å². The molecule has 9 heteroatoms. The van der Waals surface area contributed by atoms with Crippen molar-refractivity contribution in [1.29, 1.82) is 0 Å². The molecular weight excluding hydrogens is 435 g/mol. The molecule has 0 bridgehead atoms. The van der Waals surface area contributed by atoms with Gasteiger partial charge < -0.3 is 14.4 Å². The van der Waals surface area contributed by atoms with Crippen molar-refractivity contribution in [3.05, 3.63) is 53.8 Å². The van der Waals surface area contributed by atoms with Crippen LogP contribution in [0.1, 0.15) is 25.3 Å². The molecule has 32 heavy (non-hydrogen) atoms. The summed E-state index contributed by atoms with van der Waals surface area (Å²) in [6, 6.07) is 10.4. The maximum absolute atomic E-state index is 13.3. The highest BCUT2D eigenvalue weighted by Crippen LogP contribution is 2.35. The van der Waals surface area contributed by atoms with Crippen LogP contribution < -0.4 is 9.47 Å². The van der Waals surface area contributed by atoms with Gasteiger partial charge in [0.25, 0.3) is 0 Å². The van der Waals surface area contributed by atoms with E-state index in [1.54, 1.807) is 4.90 Å². The average molecular weight is 463 g/mol. The predicted molar refractivity (Wildman–Crippen MR) is 116 cm³/mol. The standard InChI is InChI=1S/C23H27FN2O5S/c1-2-25(15-17-5-3-7-21-22(17)31-14-13-30-21)23(27)18-6-4-12-26(16-18)32(28,29)20-10-8-19(24)9-11-20/h3,5,7-11,18H,2,4,6,12-16H2,1H3. The van der Waals surface area contributed by atoms with Crippen LogP contribution in [0.2, 0.25) is 0 Å². The van der Waals surface area contributed by atoms with Crippen LogP contribution in [0, 0.1) is 11.7 Å². The molecule has 2 heterocycles. The second kappa shape index (κ2) is 9.46. The molecule has 1 fully saturated rings. The Bertz CT molecular complexity index is 1070. The molecule has 0 aromatic heterocycles. The molecule has 7 nitrogen and oxygen atoms in total. The van der Waals surface area contributed by atoms with Gasteiger partial charge in [-0.3, -0.25) is 4.79 Å². The van der Waals surface area contributed by atoms with Crippen molar-refractivity contribution < 1.29 is 27.1 Å². The van der Waals surface area contributed by atoms with Gasteiger partial charge in [0.15, 0.2) is 11.5 Å². The Morgan fingerprint density at radius 2 is 1.91 bits per heavy atom. The van der Waals surface area contributed by atoms with Crippen molar-refractivity contribution in [2.24, 2.45) is 5.92 Å². The minimum absolute atomic E-state index is 0.0346. The van der Waals surface area contributed by atoms with E-state index in [1.165, 1.54) is 16.4 Å². The first-order chi connectivity index (χ1) is 15.4. The van der Waals surface area contributed by atoms with Crippen LogP contribution in [-0.2, 0) is 21.4 Å². The number of rotatable bonds is 6. The molecule has 1 amide bonds. The molecule has 0 spiro atoms. The summed E-state index contributed by atoms with van der Waals surface area (Å²) >= 11 is 0. The molecule has 2 aliphatic heterocycles. The van der Waals surface area contributed by atoms with Crippen molar-refractivity contribution in [1.82, 2.24) is 9.21 Å². The number of hydrogen-bond donors (Lipinski definition) is 0. The molecule has 0 N–H and O–H groups in total. The van der Waals surface area contributed by atoms with Crippen LogP contribution in [0.15, 0.2) is 47.4 Å². The van der Waals surface area contributed by atoms with Crippen molar-refractivity contribution in [2.75, 3.05) is 32.8 Å². The maximum Gasteiger partial charge on any atom is 0.243 e. The molecule has 2 aromatic carbocycles. The van der Waals surface area contributed by atoms with Gasteiger partial charge in [-0.2, -0.15) is 4.31 Å². The number of amides is 1. The van der Waals surface area contributed by atoms with E-state index in [1.807, 2.05) is 25.1 Å². The third-order valence-corrected chi connectivity index (χ3v) is 7.77. The number of sulfonamides is 1. The molecule has 0 saturated carbocycles. The minimum Gasteiger partial charge on any atom is -0.486 e. The van der Waals surface area contributed by atoms with Crippen LogP contribution in [0.3, 0.4) is 0 Å². The zero-order chi connectivity index (χ0) is 22.7. The number of benzene rings is 2. The fourth-order valence-electron chi connectivity index (χ4n) is 4.19. The van der Waals surface area contributed by atoms with E-state index in [9.17, 15) is 17.6 Å². The summed E-state index contributed by atoms with van der Waals surface area (Å²) in [7, 11) is -3.79. The minimum atomic E-state index is -3.79. The third kappa shape index (κ3) is 4.59. The van der Waals surface area contributed by atoms with Crippen LogP contribution in [0.4, 0.5) is 4.39 Å². The first kappa shape index (κ1) is 22.5. The second-order valence-electron chi connectivity index (χ2n) is 7.95. The Morgan fingerprint density at radius 3 is 2.66 bits per heavy atom. The zero-order valence-electron chi connectivity index (χ0n) is 18.0. The highest BCUT2D eigenvalue weighted by Gasteiger charge is 2.35. The van der Waals surface area contributed by atoms with Crippen molar-refractivity contribution in [3.63, 3.8) is 0 Å². The lowest BCUT2D eigenvalue weighted by molar-refractivity contribution is -0.137. The normalized spacial score (nSPS) is 18.9. The first-order valence-corrected chi connectivity index (χ1v) is 12.3. The van der Waals surface area contributed by atoms with Gasteiger partial charge in [-0.1, -0.05) is 12.1 Å². The Balaban J connectivity index is 1.49. The molecule has 0 aliphatic carbocycles. The number of carbonyl (C=O) groups is 1. The first-order valence-electron chi connectivity index (χ1n) is 10.8. The molecule has 1 unspecified atom stereocenters. The number of fused-ring (bicyclic) bond motifs is 1. The fraction of sp³-hybridized carbons (Fsp3) is 0.435. The molecule has 2 aliphatic rings. The quantitative estimate of drug-likeness (QED) is 0.660. The summed E-state index contributed by atoms with van der Waals surface area (Å²) in [6.07, 6.45) is 1.21. The van der Waals surface area contributed by atoms with E-state index in [0.717, 1.165) is 17.7 Å². The van der Waals surface area contributed by atoms with Gasteiger partial charge in [0.05, 0.1) is 10.8 Å². The van der Waals surface area contributed by atoms with Gasteiger partial charge >= 0.3 is 0 Å². The van der Waals surface area contributed by atoms with E-state index in [-0.39, 0.29) is 17.3 Å². The Kier molecular flexibility index (Phi) is 6.66. The van der Waals surface area contributed by atoms with Gasteiger partial charge in [0, 0.05) is 31.7 Å². The molecule has 0 radical (unpaired) electrons. The number of carbonyl (C=O) groups excluding carboxylic acids is 1. The van der Waals surface area contributed by atoms with E-state index in [4.69, 9.17) is 9.47 Å². The average Bonchev–Trinajstić information content (AvgIpc) is 2.82. The molecule has 2 aromatic rings. The Morgan fingerprint density at radius 1 is 1.16 bits per heavy atom. The van der Waals surface area contributed by atoms with E-state index in [2.05, 4.69) is 0 Å². The lowest BCUT2D eigenvalue weighted by Crippen LogP contribution is -2.46. The highest BCUT2D eigenvalue weighted by atomic mass is 32.2. The predicted octanol–water partition coefficient (Wildman–Crippen LogP) is 3.05. The molecule has 4 rings (SSSR count). The lowest BCUT2D eigenvalue weighted by Gasteiger charge is -2.34. The lowest BCUT2D eigenvalue weighted by atomic mass is 9.97. The SMILES string of the molecule is CCN(Cc1cccc2c1OCCO2)C(=O)C1CCCN(S(=O)(=O)c2ccc(F)cc2)C1. The van der Waals surface area contributed by atoms with Crippen molar-refractivity contribution in [3.8, 4) is 11.5 Å². The number of halogens is 1. The van der Waals surface area contributed by atoms with E-state index >= 15 is 0 Å². The van der Waals surface area contributed by atoms with E-state index in [0.29, 0.717) is 57.2 Å². The molecular formula is C23H27FN2O5S. The molecule has 1 atom stereocenters. The summed E-state index contributed by atoms with van der Waals surface area (Å²) in [6.45, 7) is 4.17. The van der Waals surface area contributed by atoms with Crippen LogP contribution >= 0.6 is 0 Å². The summed E-state index contributed by atoms with van der Waals surface area (Å²) in [5.74, 6) is 0.323.